The zero-order valence-corrected chi connectivity index (χ0v) is 16.3. The number of hydrogen-bond acceptors (Lipinski definition) is 4. The maximum absolute atomic E-state index is 12.5. The normalized spacial score (nSPS) is 31.1. The highest BCUT2D eigenvalue weighted by Crippen LogP contribution is 2.54. The summed E-state index contributed by atoms with van der Waals surface area (Å²) in [6, 6.07) is 13.7. The number of nitrogens with zero attached hydrogens (tertiary/aromatic N) is 2. The van der Waals surface area contributed by atoms with Crippen molar-refractivity contribution in [3.8, 4) is 0 Å². The number of benzene rings is 1. The lowest BCUT2D eigenvalue weighted by atomic mass is 9.73. The summed E-state index contributed by atoms with van der Waals surface area (Å²) >= 11 is 0. The predicted octanol–water partition coefficient (Wildman–Crippen LogP) is 2.80. The van der Waals surface area contributed by atoms with E-state index < -0.39 is 0 Å². The van der Waals surface area contributed by atoms with Crippen LogP contribution in [0.25, 0.3) is 0 Å². The molecule has 5 heteroatoms. The fourth-order valence-corrected chi connectivity index (χ4v) is 5.40. The fourth-order valence-electron chi connectivity index (χ4n) is 5.40. The van der Waals surface area contributed by atoms with E-state index in [-0.39, 0.29) is 11.5 Å². The van der Waals surface area contributed by atoms with Gasteiger partial charge in [-0.2, -0.15) is 0 Å². The van der Waals surface area contributed by atoms with Crippen LogP contribution < -0.4 is 5.32 Å². The number of nitrogens with one attached hydrogen (secondary N) is 1. The van der Waals surface area contributed by atoms with E-state index in [0.29, 0.717) is 24.5 Å². The molecular weight excluding hydrogens is 350 g/mol. The lowest BCUT2D eigenvalue weighted by molar-refractivity contribution is 0.00203. The molecule has 28 heavy (non-hydrogen) atoms. The number of amides is 1. The molecular formula is C23H27N3O2. The average molecular weight is 377 g/mol. The molecule has 2 bridgehead atoms. The molecule has 1 aromatic carbocycles. The van der Waals surface area contributed by atoms with Gasteiger partial charge in [-0.3, -0.25) is 14.7 Å². The Morgan fingerprint density at radius 1 is 1.29 bits per heavy atom. The molecule has 3 aliphatic rings. The summed E-state index contributed by atoms with van der Waals surface area (Å²) in [5.41, 5.74) is 3.01. The van der Waals surface area contributed by atoms with Gasteiger partial charge in [-0.25, -0.2) is 0 Å². The first-order valence-electron chi connectivity index (χ1n) is 10.3. The number of carbonyl (C=O) groups is 1. The molecule has 1 N–H and O–H groups in total. The molecule has 5 rings (SSSR count). The Balaban J connectivity index is 1.24. The largest absolute Gasteiger partial charge is 0.370 e. The maximum atomic E-state index is 12.5. The van der Waals surface area contributed by atoms with Gasteiger partial charge in [0.15, 0.2) is 0 Å². The summed E-state index contributed by atoms with van der Waals surface area (Å²) in [5.74, 6) is 0.904. The van der Waals surface area contributed by atoms with E-state index in [1.54, 1.807) is 0 Å². The minimum absolute atomic E-state index is 0.0103. The standard InChI is InChI=1S/C23H27N3O2/c1-16-7-8-18(24-11-16)13-26-14-20-19(21-9-10-23(20,15-26)28-21)12-25-22(27)17-5-3-2-4-6-17/h2-8,11,19-21H,9-10,12-15H2,1H3,(H,25,27)/t19-,20+,21+,23+/m0/s1. The van der Waals surface area contributed by atoms with Crippen molar-refractivity contribution in [3.63, 3.8) is 0 Å². The molecule has 4 heterocycles. The van der Waals surface area contributed by atoms with E-state index in [2.05, 4.69) is 34.3 Å². The summed E-state index contributed by atoms with van der Waals surface area (Å²) in [4.78, 5) is 19.5. The first kappa shape index (κ1) is 17.8. The molecule has 0 aliphatic carbocycles. The summed E-state index contributed by atoms with van der Waals surface area (Å²) in [6.07, 6.45) is 4.48. The van der Waals surface area contributed by atoms with Gasteiger partial charge < -0.3 is 10.1 Å². The first-order valence-corrected chi connectivity index (χ1v) is 10.3. The van der Waals surface area contributed by atoms with Crippen LogP contribution in [0.3, 0.4) is 0 Å². The van der Waals surface area contributed by atoms with Gasteiger partial charge >= 0.3 is 0 Å². The maximum Gasteiger partial charge on any atom is 0.251 e. The zero-order valence-electron chi connectivity index (χ0n) is 16.3. The first-order chi connectivity index (χ1) is 13.6. The van der Waals surface area contributed by atoms with E-state index in [1.807, 2.05) is 36.5 Å². The van der Waals surface area contributed by atoms with Crippen molar-refractivity contribution in [3.05, 3.63) is 65.5 Å². The highest BCUT2D eigenvalue weighted by atomic mass is 16.5. The van der Waals surface area contributed by atoms with E-state index in [9.17, 15) is 4.79 Å². The fraction of sp³-hybridized carbons (Fsp3) is 0.478. The molecule has 2 aromatic rings. The summed E-state index contributed by atoms with van der Waals surface area (Å²) in [5, 5.41) is 3.16. The Morgan fingerprint density at radius 3 is 2.93 bits per heavy atom. The second kappa shape index (κ2) is 6.98. The van der Waals surface area contributed by atoms with E-state index in [4.69, 9.17) is 4.74 Å². The molecule has 146 valence electrons. The van der Waals surface area contributed by atoms with Crippen LogP contribution in [-0.4, -0.2) is 47.1 Å². The quantitative estimate of drug-likeness (QED) is 0.871. The third kappa shape index (κ3) is 3.12. The number of likely N-dealkylation sites (tertiary alicyclic amines) is 1. The number of aromatic nitrogens is 1. The number of carbonyl (C=O) groups excluding carboxylic acids is 1. The number of pyridine rings is 1. The van der Waals surface area contributed by atoms with Crippen molar-refractivity contribution in [1.29, 1.82) is 0 Å². The average Bonchev–Trinajstić information content (AvgIpc) is 3.36. The Hall–Kier alpha value is -2.24. The Labute approximate surface area is 166 Å². The lowest BCUT2D eigenvalue weighted by Crippen LogP contribution is -2.41. The number of hydrogen-bond donors (Lipinski definition) is 1. The van der Waals surface area contributed by atoms with Crippen molar-refractivity contribution < 1.29 is 9.53 Å². The highest BCUT2D eigenvalue weighted by Gasteiger charge is 2.62. The molecule has 0 unspecified atom stereocenters. The summed E-state index contributed by atoms with van der Waals surface area (Å²) in [6.45, 7) is 5.64. The van der Waals surface area contributed by atoms with Crippen molar-refractivity contribution >= 4 is 5.91 Å². The van der Waals surface area contributed by atoms with Crippen molar-refractivity contribution in [2.24, 2.45) is 11.8 Å². The van der Waals surface area contributed by atoms with E-state index in [1.165, 1.54) is 5.56 Å². The van der Waals surface area contributed by atoms with Crippen LogP contribution in [0.5, 0.6) is 0 Å². The zero-order chi connectivity index (χ0) is 19.1. The van der Waals surface area contributed by atoms with Crippen LogP contribution in [0.2, 0.25) is 0 Å². The van der Waals surface area contributed by atoms with Crippen molar-refractivity contribution in [2.45, 2.75) is 38.0 Å². The Bertz CT molecular complexity index is 854. The van der Waals surface area contributed by atoms with E-state index >= 15 is 0 Å². The third-order valence-electron chi connectivity index (χ3n) is 6.75. The van der Waals surface area contributed by atoms with Gasteiger partial charge in [0.1, 0.15) is 0 Å². The van der Waals surface area contributed by atoms with Crippen LogP contribution in [0.15, 0.2) is 48.7 Å². The second-order valence-corrected chi connectivity index (χ2v) is 8.60. The van der Waals surface area contributed by atoms with Gasteiger partial charge in [-0.05, 0) is 43.5 Å². The number of rotatable bonds is 5. The molecule has 1 amide bonds. The SMILES string of the molecule is Cc1ccc(CN2C[C@@H]3[C@H](CNC(=O)c4ccccc4)[C@H]4CC[C@]3(C2)O4)nc1. The molecule has 1 aromatic heterocycles. The number of ether oxygens (including phenoxy) is 1. The van der Waals surface area contributed by atoms with Gasteiger partial charge in [0.2, 0.25) is 0 Å². The van der Waals surface area contributed by atoms with Crippen molar-refractivity contribution in [1.82, 2.24) is 15.2 Å². The second-order valence-electron chi connectivity index (χ2n) is 8.60. The van der Waals surface area contributed by atoms with Crippen LogP contribution in [0, 0.1) is 18.8 Å². The highest BCUT2D eigenvalue weighted by molar-refractivity contribution is 5.94. The molecule has 1 spiro atoms. The van der Waals surface area contributed by atoms with Crippen LogP contribution in [0.4, 0.5) is 0 Å². The molecule has 0 radical (unpaired) electrons. The van der Waals surface area contributed by atoms with Gasteiger partial charge in [0.25, 0.3) is 5.91 Å². The number of fused-ring (bicyclic) bond motifs is 1. The molecule has 3 fully saturated rings. The molecule has 3 saturated heterocycles. The Kier molecular flexibility index (Phi) is 4.44. The van der Waals surface area contributed by atoms with Crippen LogP contribution >= 0.6 is 0 Å². The van der Waals surface area contributed by atoms with Crippen LogP contribution in [-0.2, 0) is 11.3 Å². The van der Waals surface area contributed by atoms with Crippen molar-refractivity contribution in [2.75, 3.05) is 19.6 Å². The van der Waals surface area contributed by atoms with Gasteiger partial charge in [-0.1, -0.05) is 24.3 Å². The molecule has 4 atom stereocenters. The topological polar surface area (TPSA) is 54.5 Å². The smallest absolute Gasteiger partial charge is 0.251 e. The predicted molar refractivity (Wildman–Crippen MR) is 107 cm³/mol. The van der Waals surface area contributed by atoms with Gasteiger partial charge in [0, 0.05) is 49.8 Å². The molecule has 5 nitrogen and oxygen atoms in total. The minimum atomic E-state index is -0.0164. The monoisotopic (exact) mass is 377 g/mol. The Morgan fingerprint density at radius 2 is 2.14 bits per heavy atom. The third-order valence-corrected chi connectivity index (χ3v) is 6.75. The van der Waals surface area contributed by atoms with E-state index in [0.717, 1.165) is 43.7 Å². The van der Waals surface area contributed by atoms with Gasteiger partial charge in [0.05, 0.1) is 17.4 Å². The summed E-state index contributed by atoms with van der Waals surface area (Å²) < 4.78 is 6.51. The molecule has 0 saturated carbocycles. The summed E-state index contributed by atoms with van der Waals surface area (Å²) in [7, 11) is 0. The van der Waals surface area contributed by atoms with Crippen LogP contribution in [0.1, 0.15) is 34.5 Å². The number of aryl methyl sites for hydroxylation is 1. The minimum Gasteiger partial charge on any atom is -0.370 e. The van der Waals surface area contributed by atoms with Gasteiger partial charge in [-0.15, -0.1) is 0 Å². The lowest BCUT2D eigenvalue weighted by Gasteiger charge is -2.29. The molecule has 3 aliphatic heterocycles.